The predicted octanol–water partition coefficient (Wildman–Crippen LogP) is 2.41. The molecule has 0 bridgehead atoms. The van der Waals surface area contributed by atoms with Crippen LogP contribution >= 0.6 is 11.8 Å². The zero-order chi connectivity index (χ0) is 20.1. The van der Waals surface area contributed by atoms with Crippen LogP contribution in [0.25, 0.3) is 11.3 Å². The molecular formula is C19H16N6O2S. The Hall–Kier alpha value is -3.64. The van der Waals surface area contributed by atoms with Crippen molar-refractivity contribution in [3.63, 3.8) is 0 Å². The number of hydrogen-bond acceptors (Lipinski definition) is 7. The first-order valence-electron chi connectivity index (χ1n) is 8.27. The maximum atomic E-state index is 12.3. The number of nitrogens with zero attached hydrogens (tertiary/aromatic N) is 3. The highest BCUT2D eigenvalue weighted by Gasteiger charge is 2.18. The predicted molar refractivity (Wildman–Crippen MR) is 108 cm³/mol. The average molecular weight is 392 g/mol. The van der Waals surface area contributed by atoms with E-state index in [1.807, 2.05) is 6.07 Å². The van der Waals surface area contributed by atoms with Crippen LogP contribution < -0.4 is 16.6 Å². The van der Waals surface area contributed by atoms with Crippen molar-refractivity contribution in [3.8, 4) is 17.3 Å². The molecule has 3 rings (SSSR count). The van der Waals surface area contributed by atoms with Crippen LogP contribution in [0.5, 0.6) is 0 Å². The lowest BCUT2D eigenvalue weighted by Gasteiger charge is -2.11. The highest BCUT2D eigenvalue weighted by atomic mass is 32.2. The molecule has 0 aliphatic heterocycles. The molecule has 0 unspecified atom stereocenters. The molecule has 3 aromatic rings. The molecular weight excluding hydrogens is 376 g/mol. The molecule has 1 amide bonds. The van der Waals surface area contributed by atoms with Crippen molar-refractivity contribution in [2.75, 3.05) is 11.1 Å². The van der Waals surface area contributed by atoms with Gasteiger partial charge in [0.15, 0.2) is 10.9 Å². The molecule has 0 saturated heterocycles. The first-order chi connectivity index (χ1) is 13.5. The summed E-state index contributed by atoms with van der Waals surface area (Å²) in [5.41, 5.74) is 7.57. The number of anilines is 2. The summed E-state index contributed by atoms with van der Waals surface area (Å²) in [5.74, 6) is -0.270. The van der Waals surface area contributed by atoms with E-state index in [-0.39, 0.29) is 16.8 Å². The number of aromatic amines is 1. The van der Waals surface area contributed by atoms with Crippen LogP contribution in [-0.2, 0) is 4.79 Å². The number of amides is 1. The lowest BCUT2D eigenvalue weighted by Crippen LogP contribution is -2.23. The van der Waals surface area contributed by atoms with Gasteiger partial charge in [0.25, 0.3) is 5.56 Å². The Morgan fingerprint density at radius 3 is 2.57 bits per heavy atom. The summed E-state index contributed by atoms with van der Waals surface area (Å²) < 4.78 is 0. The first kappa shape index (κ1) is 19.1. The summed E-state index contributed by atoms with van der Waals surface area (Å²) in [6.07, 6.45) is 0. The van der Waals surface area contributed by atoms with Gasteiger partial charge in [-0.1, -0.05) is 30.0 Å². The molecule has 0 fully saturated rings. The number of nitrogen functional groups attached to an aromatic ring is 1. The molecule has 1 heterocycles. The minimum atomic E-state index is -0.534. The maximum Gasteiger partial charge on any atom is 0.278 e. The topological polar surface area (TPSA) is 138 Å². The fourth-order valence-electron chi connectivity index (χ4n) is 2.36. The summed E-state index contributed by atoms with van der Waals surface area (Å²) in [6, 6.07) is 15.4. The minimum absolute atomic E-state index is 0.122. The summed E-state index contributed by atoms with van der Waals surface area (Å²) >= 11 is 1.08. The smallest absolute Gasteiger partial charge is 0.278 e. The van der Waals surface area contributed by atoms with E-state index in [1.54, 1.807) is 55.5 Å². The zero-order valence-electron chi connectivity index (χ0n) is 14.8. The second kappa shape index (κ2) is 8.37. The number of benzene rings is 2. The van der Waals surface area contributed by atoms with Crippen molar-refractivity contribution in [2.24, 2.45) is 0 Å². The van der Waals surface area contributed by atoms with Gasteiger partial charge in [0.2, 0.25) is 5.91 Å². The van der Waals surface area contributed by atoms with Gasteiger partial charge in [0.05, 0.1) is 16.9 Å². The van der Waals surface area contributed by atoms with Crippen LogP contribution in [0.1, 0.15) is 12.5 Å². The molecule has 140 valence electrons. The van der Waals surface area contributed by atoms with Gasteiger partial charge in [-0.05, 0) is 37.3 Å². The van der Waals surface area contributed by atoms with Crippen LogP contribution in [0.4, 0.5) is 11.4 Å². The van der Waals surface area contributed by atoms with Gasteiger partial charge in [0, 0.05) is 16.9 Å². The number of aromatic nitrogens is 3. The Morgan fingerprint density at radius 2 is 1.93 bits per heavy atom. The normalized spacial score (nSPS) is 11.4. The van der Waals surface area contributed by atoms with Gasteiger partial charge >= 0.3 is 0 Å². The second-order valence-corrected chi connectivity index (χ2v) is 7.16. The van der Waals surface area contributed by atoms with Crippen LogP contribution in [0.2, 0.25) is 0 Å². The van der Waals surface area contributed by atoms with Crippen LogP contribution in [-0.4, -0.2) is 26.3 Å². The third kappa shape index (κ3) is 4.36. The van der Waals surface area contributed by atoms with E-state index < -0.39 is 10.8 Å². The van der Waals surface area contributed by atoms with Crippen LogP contribution in [0.15, 0.2) is 58.5 Å². The molecule has 1 atom stereocenters. The molecule has 0 aliphatic carbocycles. The van der Waals surface area contributed by atoms with Gasteiger partial charge in [0.1, 0.15) is 0 Å². The number of nitrogens with one attached hydrogen (secondary N) is 2. The van der Waals surface area contributed by atoms with E-state index in [1.165, 1.54) is 0 Å². The number of rotatable bonds is 5. The Balaban J connectivity index is 1.70. The highest BCUT2D eigenvalue weighted by Crippen LogP contribution is 2.22. The zero-order valence-corrected chi connectivity index (χ0v) is 15.7. The Labute approximate surface area is 164 Å². The van der Waals surface area contributed by atoms with E-state index in [0.717, 1.165) is 11.8 Å². The number of H-pyrrole nitrogens is 1. The van der Waals surface area contributed by atoms with Gasteiger partial charge in [-0.25, -0.2) is 0 Å². The molecule has 1 aromatic heterocycles. The van der Waals surface area contributed by atoms with Crippen molar-refractivity contribution >= 4 is 29.0 Å². The summed E-state index contributed by atoms with van der Waals surface area (Å²) in [7, 11) is 0. The summed E-state index contributed by atoms with van der Waals surface area (Å²) in [5, 5.41) is 19.2. The highest BCUT2D eigenvalue weighted by molar-refractivity contribution is 8.00. The molecule has 9 heteroatoms. The SMILES string of the molecule is C[C@H](Sc1nnc(-c2ccccc2N)c(=O)[nH]1)C(=O)Nc1ccc(C#N)cc1. The van der Waals surface area contributed by atoms with Crippen LogP contribution in [0, 0.1) is 11.3 Å². The van der Waals surface area contributed by atoms with E-state index in [9.17, 15) is 9.59 Å². The van der Waals surface area contributed by atoms with E-state index in [4.69, 9.17) is 11.0 Å². The minimum Gasteiger partial charge on any atom is -0.398 e. The number of nitriles is 1. The van der Waals surface area contributed by atoms with Crippen molar-refractivity contribution in [2.45, 2.75) is 17.3 Å². The largest absolute Gasteiger partial charge is 0.398 e. The van der Waals surface area contributed by atoms with Gasteiger partial charge in [-0.15, -0.1) is 10.2 Å². The third-order valence-electron chi connectivity index (χ3n) is 3.83. The van der Waals surface area contributed by atoms with E-state index >= 15 is 0 Å². The monoisotopic (exact) mass is 392 g/mol. The Morgan fingerprint density at radius 1 is 1.21 bits per heavy atom. The average Bonchev–Trinajstić information content (AvgIpc) is 2.69. The summed E-state index contributed by atoms with van der Waals surface area (Å²) in [6.45, 7) is 1.69. The molecule has 0 saturated carbocycles. The molecule has 0 spiro atoms. The molecule has 4 N–H and O–H groups in total. The third-order valence-corrected chi connectivity index (χ3v) is 4.81. The Bertz CT molecular complexity index is 1100. The molecule has 8 nitrogen and oxygen atoms in total. The number of para-hydroxylation sites is 1. The fourth-order valence-corrected chi connectivity index (χ4v) is 3.10. The number of nitrogens with two attached hydrogens (primary N) is 1. The van der Waals surface area contributed by atoms with Crippen molar-refractivity contribution in [1.29, 1.82) is 5.26 Å². The lowest BCUT2D eigenvalue weighted by atomic mass is 10.1. The second-order valence-electron chi connectivity index (χ2n) is 5.83. The van der Waals surface area contributed by atoms with Crippen molar-refractivity contribution in [1.82, 2.24) is 15.2 Å². The van der Waals surface area contributed by atoms with Gasteiger partial charge < -0.3 is 11.1 Å². The standard InChI is InChI=1S/C19H16N6O2S/c1-11(17(26)22-13-8-6-12(10-20)7-9-13)28-19-23-18(27)16(24-25-19)14-4-2-3-5-15(14)21/h2-9,11H,21H2,1H3,(H,22,26)(H,23,25,27)/t11-/m0/s1. The number of carbonyl (C=O) groups is 1. The molecule has 28 heavy (non-hydrogen) atoms. The van der Waals surface area contributed by atoms with E-state index in [0.29, 0.717) is 22.5 Å². The number of carbonyl (C=O) groups excluding carboxylic acids is 1. The van der Waals surface area contributed by atoms with E-state index in [2.05, 4.69) is 20.5 Å². The van der Waals surface area contributed by atoms with Crippen molar-refractivity contribution in [3.05, 3.63) is 64.4 Å². The number of hydrogen-bond donors (Lipinski definition) is 3. The lowest BCUT2D eigenvalue weighted by molar-refractivity contribution is -0.115. The summed E-state index contributed by atoms with van der Waals surface area (Å²) in [4.78, 5) is 27.3. The van der Waals surface area contributed by atoms with Crippen molar-refractivity contribution < 1.29 is 4.79 Å². The first-order valence-corrected chi connectivity index (χ1v) is 9.15. The van der Waals surface area contributed by atoms with Crippen LogP contribution in [0.3, 0.4) is 0 Å². The molecule has 2 aromatic carbocycles. The van der Waals surface area contributed by atoms with Gasteiger partial charge in [-0.3, -0.25) is 14.6 Å². The Kier molecular flexibility index (Phi) is 5.72. The quantitative estimate of drug-likeness (QED) is 0.448. The molecule has 0 aliphatic rings. The molecule has 0 radical (unpaired) electrons. The number of thioether (sulfide) groups is 1. The fraction of sp³-hybridized carbons (Fsp3) is 0.105. The maximum absolute atomic E-state index is 12.3. The van der Waals surface area contributed by atoms with Gasteiger partial charge in [-0.2, -0.15) is 5.26 Å².